The second kappa shape index (κ2) is 7.07. The second-order valence-electron chi connectivity index (χ2n) is 4.31. The van der Waals surface area contributed by atoms with Crippen LogP contribution in [0.4, 0.5) is 8.78 Å². The van der Waals surface area contributed by atoms with Crippen LogP contribution in [-0.4, -0.2) is 23.0 Å². The normalized spacial score (nSPS) is 14.5. The first-order valence-electron chi connectivity index (χ1n) is 6.01. The van der Waals surface area contributed by atoms with Gasteiger partial charge in [0.2, 0.25) is 0 Å². The molecule has 0 bridgehead atoms. The first-order valence-corrected chi connectivity index (χ1v) is 6.99. The maximum absolute atomic E-state index is 13.3. The molecule has 3 N–H and O–H groups in total. The number of hydrogen-bond acceptors (Lipinski definition) is 3. The van der Waals surface area contributed by atoms with Crippen LogP contribution >= 0.6 is 11.8 Å². The zero-order valence-corrected chi connectivity index (χ0v) is 11.3. The standard InChI is InChI=1S/C13H19F2NOS/c1-2-13(17,9-16)6-3-7-18-12-5-4-10(14)8-11(12)15/h4-5,8,17H,2-3,6-7,9,16H2,1H3. The molecule has 0 amide bonds. The Bertz CT molecular complexity index is 383. The summed E-state index contributed by atoms with van der Waals surface area (Å²) in [7, 11) is 0. The molecule has 1 aromatic carbocycles. The maximum atomic E-state index is 13.3. The highest BCUT2D eigenvalue weighted by atomic mass is 32.2. The molecule has 0 aliphatic carbocycles. The van der Waals surface area contributed by atoms with Gasteiger partial charge in [-0.05, 0) is 37.1 Å². The Kier molecular flexibility index (Phi) is 6.05. The smallest absolute Gasteiger partial charge is 0.139 e. The fraction of sp³-hybridized carbons (Fsp3) is 0.538. The minimum atomic E-state index is -0.818. The predicted molar refractivity (Wildman–Crippen MR) is 70.6 cm³/mol. The van der Waals surface area contributed by atoms with Gasteiger partial charge in [-0.1, -0.05) is 6.92 Å². The summed E-state index contributed by atoms with van der Waals surface area (Å²) < 4.78 is 26.0. The van der Waals surface area contributed by atoms with E-state index in [0.717, 1.165) is 12.5 Å². The topological polar surface area (TPSA) is 46.2 Å². The van der Waals surface area contributed by atoms with Crippen molar-refractivity contribution in [2.75, 3.05) is 12.3 Å². The lowest BCUT2D eigenvalue weighted by molar-refractivity contribution is 0.0360. The Morgan fingerprint density at radius 1 is 1.39 bits per heavy atom. The number of nitrogens with two attached hydrogens (primary N) is 1. The van der Waals surface area contributed by atoms with Crippen molar-refractivity contribution in [2.24, 2.45) is 5.73 Å². The van der Waals surface area contributed by atoms with Crippen LogP contribution in [0.15, 0.2) is 23.1 Å². The van der Waals surface area contributed by atoms with Crippen LogP contribution in [0, 0.1) is 11.6 Å². The van der Waals surface area contributed by atoms with Crippen molar-refractivity contribution in [3.8, 4) is 0 Å². The highest BCUT2D eigenvalue weighted by molar-refractivity contribution is 7.99. The van der Waals surface area contributed by atoms with E-state index in [1.807, 2.05) is 6.92 Å². The van der Waals surface area contributed by atoms with Gasteiger partial charge in [0.1, 0.15) is 11.6 Å². The largest absolute Gasteiger partial charge is 0.389 e. The number of hydrogen-bond donors (Lipinski definition) is 2. The van der Waals surface area contributed by atoms with E-state index in [2.05, 4.69) is 0 Å². The SMILES string of the molecule is CCC(O)(CN)CCCSc1ccc(F)cc1F. The lowest BCUT2D eigenvalue weighted by atomic mass is 9.95. The Balaban J connectivity index is 2.38. The van der Waals surface area contributed by atoms with E-state index >= 15 is 0 Å². The van der Waals surface area contributed by atoms with Gasteiger partial charge in [-0.2, -0.15) is 0 Å². The van der Waals surface area contributed by atoms with E-state index in [-0.39, 0.29) is 6.54 Å². The van der Waals surface area contributed by atoms with Crippen LogP contribution in [0.3, 0.4) is 0 Å². The van der Waals surface area contributed by atoms with Gasteiger partial charge in [0, 0.05) is 17.5 Å². The van der Waals surface area contributed by atoms with E-state index in [9.17, 15) is 13.9 Å². The second-order valence-corrected chi connectivity index (χ2v) is 5.45. The fourth-order valence-electron chi connectivity index (χ4n) is 1.60. The predicted octanol–water partition coefficient (Wildman–Crippen LogP) is 2.94. The quantitative estimate of drug-likeness (QED) is 0.594. The summed E-state index contributed by atoms with van der Waals surface area (Å²) in [5.74, 6) is -0.435. The van der Waals surface area contributed by atoms with Crippen molar-refractivity contribution in [2.45, 2.75) is 36.7 Å². The summed E-state index contributed by atoms with van der Waals surface area (Å²) in [4.78, 5) is 0.434. The Hall–Kier alpha value is -0.650. The van der Waals surface area contributed by atoms with Crippen molar-refractivity contribution >= 4 is 11.8 Å². The average Bonchev–Trinajstić information content (AvgIpc) is 2.36. The number of halogens is 2. The van der Waals surface area contributed by atoms with Crippen molar-refractivity contribution in [1.82, 2.24) is 0 Å². The molecule has 1 unspecified atom stereocenters. The van der Waals surface area contributed by atoms with Crippen LogP contribution < -0.4 is 5.73 Å². The molecule has 1 aromatic rings. The van der Waals surface area contributed by atoms with E-state index in [4.69, 9.17) is 5.73 Å². The molecule has 1 atom stereocenters. The first-order chi connectivity index (χ1) is 8.50. The third-order valence-electron chi connectivity index (χ3n) is 2.98. The minimum Gasteiger partial charge on any atom is -0.389 e. The molecule has 102 valence electrons. The van der Waals surface area contributed by atoms with Gasteiger partial charge in [-0.15, -0.1) is 11.8 Å². The van der Waals surface area contributed by atoms with Crippen LogP contribution in [0.1, 0.15) is 26.2 Å². The molecule has 5 heteroatoms. The summed E-state index contributed by atoms with van der Waals surface area (Å²) in [5, 5.41) is 9.96. The molecule has 0 spiro atoms. The third kappa shape index (κ3) is 4.55. The molecule has 1 rings (SSSR count). The number of aliphatic hydroxyl groups is 1. The lowest BCUT2D eigenvalue weighted by Crippen LogP contribution is -2.36. The van der Waals surface area contributed by atoms with Crippen molar-refractivity contribution < 1.29 is 13.9 Å². The Morgan fingerprint density at radius 3 is 2.67 bits per heavy atom. The molecule has 18 heavy (non-hydrogen) atoms. The number of thioether (sulfide) groups is 1. The molecule has 0 fully saturated rings. The summed E-state index contributed by atoms with van der Waals surface area (Å²) >= 11 is 1.32. The summed E-state index contributed by atoms with van der Waals surface area (Å²) in [6.45, 7) is 2.12. The van der Waals surface area contributed by atoms with Gasteiger partial charge in [-0.25, -0.2) is 8.78 Å². The molecular formula is C13H19F2NOS. The van der Waals surface area contributed by atoms with E-state index in [1.165, 1.54) is 23.9 Å². The van der Waals surface area contributed by atoms with Gasteiger partial charge >= 0.3 is 0 Å². The number of rotatable bonds is 7. The van der Waals surface area contributed by atoms with Crippen LogP contribution in [-0.2, 0) is 0 Å². The van der Waals surface area contributed by atoms with Crippen LogP contribution in [0.25, 0.3) is 0 Å². The van der Waals surface area contributed by atoms with Gasteiger partial charge < -0.3 is 10.8 Å². The minimum absolute atomic E-state index is 0.235. The zero-order chi connectivity index (χ0) is 13.6. The molecular weight excluding hydrogens is 256 g/mol. The molecule has 0 heterocycles. The molecule has 0 saturated carbocycles. The molecule has 0 aliphatic heterocycles. The van der Waals surface area contributed by atoms with Gasteiger partial charge in [0.25, 0.3) is 0 Å². The number of benzene rings is 1. The Morgan fingerprint density at radius 2 is 2.11 bits per heavy atom. The molecule has 0 aromatic heterocycles. The van der Waals surface area contributed by atoms with Crippen LogP contribution in [0.2, 0.25) is 0 Å². The van der Waals surface area contributed by atoms with Gasteiger partial charge in [0.05, 0.1) is 5.60 Å². The molecule has 0 radical (unpaired) electrons. The van der Waals surface area contributed by atoms with Crippen molar-refractivity contribution in [3.63, 3.8) is 0 Å². The average molecular weight is 275 g/mol. The van der Waals surface area contributed by atoms with Gasteiger partial charge in [0.15, 0.2) is 0 Å². The van der Waals surface area contributed by atoms with Crippen LogP contribution in [0.5, 0.6) is 0 Å². The molecule has 0 aliphatic rings. The molecule has 0 saturated heterocycles. The molecule has 2 nitrogen and oxygen atoms in total. The Labute approximate surface area is 111 Å². The van der Waals surface area contributed by atoms with E-state index in [1.54, 1.807) is 0 Å². The van der Waals surface area contributed by atoms with Gasteiger partial charge in [-0.3, -0.25) is 0 Å². The van der Waals surface area contributed by atoms with E-state index in [0.29, 0.717) is 23.5 Å². The summed E-state index contributed by atoms with van der Waals surface area (Å²) in [6, 6.07) is 3.56. The fourth-order valence-corrected chi connectivity index (χ4v) is 2.47. The lowest BCUT2D eigenvalue weighted by Gasteiger charge is -2.24. The summed E-state index contributed by atoms with van der Waals surface area (Å²) in [6.07, 6.45) is 1.94. The van der Waals surface area contributed by atoms with Crippen molar-refractivity contribution in [1.29, 1.82) is 0 Å². The van der Waals surface area contributed by atoms with Crippen molar-refractivity contribution in [3.05, 3.63) is 29.8 Å². The maximum Gasteiger partial charge on any atom is 0.139 e. The highest BCUT2D eigenvalue weighted by Gasteiger charge is 2.21. The monoisotopic (exact) mass is 275 g/mol. The zero-order valence-electron chi connectivity index (χ0n) is 10.5. The van der Waals surface area contributed by atoms with E-state index < -0.39 is 17.2 Å². The third-order valence-corrected chi connectivity index (χ3v) is 4.11. The first kappa shape index (κ1) is 15.4. The summed E-state index contributed by atoms with van der Waals surface area (Å²) in [5.41, 5.74) is 4.68. The highest BCUT2D eigenvalue weighted by Crippen LogP contribution is 2.25.